The van der Waals surface area contributed by atoms with Crippen molar-refractivity contribution in [2.45, 2.75) is 25.6 Å². The molecule has 2 rings (SSSR count). The van der Waals surface area contributed by atoms with Gasteiger partial charge in [-0.25, -0.2) is 13.6 Å². The van der Waals surface area contributed by atoms with Gasteiger partial charge in [0.1, 0.15) is 11.5 Å². The molecular weight excluding hydrogens is 276 g/mol. The minimum absolute atomic E-state index is 0.147. The van der Waals surface area contributed by atoms with Gasteiger partial charge >= 0.3 is 0 Å². The number of primary sulfonamides is 1. The fourth-order valence-electron chi connectivity index (χ4n) is 1.85. The van der Waals surface area contributed by atoms with Gasteiger partial charge < -0.3 is 9.73 Å². The van der Waals surface area contributed by atoms with E-state index >= 15 is 0 Å². The first-order valence-corrected chi connectivity index (χ1v) is 8.08. The highest BCUT2D eigenvalue weighted by Gasteiger charge is 2.05. The predicted octanol–water partition coefficient (Wildman–Crippen LogP) is 2.24. The largest absolute Gasteiger partial charge is 0.464 e. The number of anilines is 1. The third-order valence-electron chi connectivity index (χ3n) is 2.85. The normalized spacial score (nSPS) is 11.5. The molecule has 0 atom stereocenters. The number of aryl methyl sites for hydroxylation is 1. The Hall–Kier alpha value is -1.79. The van der Waals surface area contributed by atoms with Gasteiger partial charge in [0.2, 0.25) is 10.0 Å². The van der Waals surface area contributed by atoms with Crippen LogP contribution in [0.2, 0.25) is 0 Å². The van der Waals surface area contributed by atoms with E-state index in [4.69, 9.17) is 9.56 Å². The van der Waals surface area contributed by atoms with Gasteiger partial charge in [0, 0.05) is 12.1 Å². The summed E-state index contributed by atoms with van der Waals surface area (Å²) in [6, 6.07) is 11.0. The average molecular weight is 294 g/mol. The Labute approximate surface area is 118 Å². The highest BCUT2D eigenvalue weighted by molar-refractivity contribution is 7.88. The van der Waals surface area contributed by atoms with Gasteiger partial charge in [0.15, 0.2) is 0 Å². The van der Waals surface area contributed by atoms with Crippen molar-refractivity contribution < 1.29 is 12.8 Å². The number of benzene rings is 1. The zero-order chi connectivity index (χ0) is 14.6. The van der Waals surface area contributed by atoms with Crippen LogP contribution in [0.1, 0.15) is 24.0 Å². The maximum atomic E-state index is 11.0. The lowest BCUT2D eigenvalue weighted by Crippen LogP contribution is -2.14. The lowest BCUT2D eigenvalue weighted by Gasteiger charge is -2.06. The maximum Gasteiger partial charge on any atom is 0.213 e. The molecule has 0 amide bonds. The van der Waals surface area contributed by atoms with Crippen molar-refractivity contribution in [3.63, 3.8) is 0 Å². The van der Waals surface area contributed by atoms with Crippen molar-refractivity contribution >= 4 is 15.7 Å². The van der Waals surface area contributed by atoms with Crippen molar-refractivity contribution in [3.8, 4) is 0 Å². The van der Waals surface area contributed by atoms with Gasteiger partial charge in [-0.1, -0.05) is 19.1 Å². The fourth-order valence-corrected chi connectivity index (χ4v) is 2.50. The lowest BCUT2D eigenvalue weighted by atomic mass is 10.2. The standard InChI is InChI=1S/C14H18N2O3S/c1-2-13-7-8-14(19-13)9-16-12-5-3-11(4-6-12)10-20(15,17)18/h3-8,16H,2,9-10H2,1H3,(H2,15,17,18). The Bertz CT molecular complexity index is 660. The fraction of sp³-hybridized carbons (Fsp3) is 0.286. The molecule has 0 unspecified atom stereocenters. The number of hydrogen-bond acceptors (Lipinski definition) is 4. The van der Waals surface area contributed by atoms with Gasteiger partial charge in [-0.05, 0) is 29.8 Å². The number of sulfonamides is 1. The van der Waals surface area contributed by atoms with E-state index in [0.717, 1.165) is 23.6 Å². The van der Waals surface area contributed by atoms with Gasteiger partial charge in [-0.3, -0.25) is 0 Å². The molecule has 1 heterocycles. The van der Waals surface area contributed by atoms with E-state index in [1.54, 1.807) is 12.1 Å². The third kappa shape index (κ3) is 4.40. The van der Waals surface area contributed by atoms with Crippen molar-refractivity contribution in [1.29, 1.82) is 0 Å². The zero-order valence-electron chi connectivity index (χ0n) is 11.3. The molecule has 2 aromatic rings. The molecule has 20 heavy (non-hydrogen) atoms. The van der Waals surface area contributed by atoms with Crippen LogP contribution in [-0.4, -0.2) is 8.42 Å². The summed E-state index contributed by atoms with van der Waals surface area (Å²) in [7, 11) is -3.48. The minimum Gasteiger partial charge on any atom is -0.464 e. The molecule has 0 spiro atoms. The van der Waals surface area contributed by atoms with Crippen molar-refractivity contribution in [3.05, 3.63) is 53.5 Å². The Morgan fingerprint density at radius 1 is 1.10 bits per heavy atom. The van der Waals surface area contributed by atoms with E-state index in [2.05, 4.69) is 5.32 Å². The summed E-state index contributed by atoms with van der Waals surface area (Å²) < 4.78 is 27.5. The summed E-state index contributed by atoms with van der Waals surface area (Å²) in [5.41, 5.74) is 1.57. The Kier molecular flexibility index (Phi) is 4.46. The first-order chi connectivity index (χ1) is 9.46. The minimum atomic E-state index is -3.48. The molecule has 0 saturated heterocycles. The van der Waals surface area contributed by atoms with Crippen LogP contribution in [0.15, 0.2) is 40.8 Å². The molecule has 0 aliphatic rings. The Morgan fingerprint density at radius 2 is 1.75 bits per heavy atom. The van der Waals surface area contributed by atoms with Crippen molar-refractivity contribution in [2.75, 3.05) is 5.32 Å². The van der Waals surface area contributed by atoms with Crippen LogP contribution in [0, 0.1) is 0 Å². The van der Waals surface area contributed by atoms with E-state index < -0.39 is 10.0 Å². The number of nitrogens with one attached hydrogen (secondary N) is 1. The van der Waals surface area contributed by atoms with E-state index in [-0.39, 0.29) is 5.75 Å². The molecule has 1 aromatic carbocycles. The van der Waals surface area contributed by atoms with Crippen molar-refractivity contribution in [1.82, 2.24) is 0 Å². The van der Waals surface area contributed by atoms with Crippen LogP contribution in [0.5, 0.6) is 0 Å². The summed E-state index contributed by atoms with van der Waals surface area (Å²) >= 11 is 0. The molecule has 0 fully saturated rings. The molecule has 108 valence electrons. The van der Waals surface area contributed by atoms with Crippen LogP contribution in [0.3, 0.4) is 0 Å². The molecular formula is C14H18N2O3S. The van der Waals surface area contributed by atoms with E-state index in [9.17, 15) is 8.42 Å². The Balaban J connectivity index is 1.93. The molecule has 0 radical (unpaired) electrons. The quantitative estimate of drug-likeness (QED) is 0.855. The molecule has 0 bridgehead atoms. The van der Waals surface area contributed by atoms with Crippen LogP contribution < -0.4 is 10.5 Å². The zero-order valence-corrected chi connectivity index (χ0v) is 12.1. The van der Waals surface area contributed by atoms with Crippen LogP contribution in [0.4, 0.5) is 5.69 Å². The van der Waals surface area contributed by atoms with E-state index in [0.29, 0.717) is 12.1 Å². The second-order valence-electron chi connectivity index (χ2n) is 4.58. The lowest BCUT2D eigenvalue weighted by molar-refractivity contribution is 0.476. The molecule has 0 aliphatic heterocycles. The molecule has 0 aliphatic carbocycles. The predicted molar refractivity (Wildman–Crippen MR) is 78.7 cm³/mol. The van der Waals surface area contributed by atoms with Crippen LogP contribution in [-0.2, 0) is 28.7 Å². The van der Waals surface area contributed by atoms with E-state index in [1.165, 1.54) is 0 Å². The highest BCUT2D eigenvalue weighted by atomic mass is 32.2. The maximum absolute atomic E-state index is 11.0. The first kappa shape index (κ1) is 14.6. The number of furan rings is 1. The highest BCUT2D eigenvalue weighted by Crippen LogP contribution is 2.14. The van der Waals surface area contributed by atoms with Gasteiger partial charge in [0.05, 0.1) is 12.3 Å². The average Bonchev–Trinajstić information content (AvgIpc) is 2.84. The summed E-state index contributed by atoms with van der Waals surface area (Å²) in [5, 5.41) is 8.21. The SMILES string of the molecule is CCc1ccc(CNc2ccc(CS(N)(=O)=O)cc2)o1. The molecule has 5 nitrogen and oxygen atoms in total. The third-order valence-corrected chi connectivity index (χ3v) is 3.59. The Morgan fingerprint density at radius 3 is 2.30 bits per heavy atom. The number of rotatable bonds is 6. The summed E-state index contributed by atoms with van der Waals surface area (Å²) in [6.07, 6.45) is 0.877. The van der Waals surface area contributed by atoms with Gasteiger partial charge in [-0.2, -0.15) is 0 Å². The monoisotopic (exact) mass is 294 g/mol. The second-order valence-corrected chi connectivity index (χ2v) is 6.19. The summed E-state index contributed by atoms with van der Waals surface area (Å²) in [6.45, 7) is 2.63. The van der Waals surface area contributed by atoms with Gasteiger partial charge in [0.25, 0.3) is 0 Å². The molecule has 6 heteroatoms. The first-order valence-electron chi connectivity index (χ1n) is 6.37. The van der Waals surface area contributed by atoms with E-state index in [1.807, 2.05) is 31.2 Å². The molecule has 0 saturated carbocycles. The number of hydrogen-bond donors (Lipinski definition) is 2. The second kappa shape index (κ2) is 6.11. The molecule has 3 N–H and O–H groups in total. The van der Waals surface area contributed by atoms with Gasteiger partial charge in [-0.15, -0.1) is 0 Å². The summed E-state index contributed by atoms with van der Waals surface area (Å²) in [4.78, 5) is 0. The summed E-state index contributed by atoms with van der Waals surface area (Å²) in [5.74, 6) is 1.69. The van der Waals surface area contributed by atoms with Crippen molar-refractivity contribution in [2.24, 2.45) is 5.14 Å². The van der Waals surface area contributed by atoms with Crippen LogP contribution in [0.25, 0.3) is 0 Å². The number of nitrogens with two attached hydrogens (primary N) is 1. The topological polar surface area (TPSA) is 85.3 Å². The smallest absolute Gasteiger partial charge is 0.213 e. The molecule has 1 aromatic heterocycles. The van der Waals surface area contributed by atoms with Crippen LogP contribution >= 0.6 is 0 Å².